The molecular weight excluding hydrogens is 249 g/mol. The molecule has 0 aromatic heterocycles. The van der Waals surface area contributed by atoms with Crippen molar-refractivity contribution in [2.24, 2.45) is 0 Å². The molecule has 1 N–H and O–H groups in total. The van der Waals surface area contributed by atoms with Crippen LogP contribution < -0.4 is 5.32 Å². The second-order valence-corrected chi connectivity index (χ2v) is 4.52. The lowest BCUT2D eigenvalue weighted by Gasteiger charge is -2.07. The van der Waals surface area contributed by atoms with Gasteiger partial charge in [-0.15, -0.1) is 0 Å². The monoisotopic (exact) mass is 263 g/mol. The van der Waals surface area contributed by atoms with Crippen LogP contribution in [0.4, 0.5) is 4.39 Å². The second kappa shape index (κ2) is 6.53. The Balaban J connectivity index is 1.80. The molecule has 2 rings (SSSR count). The summed E-state index contributed by atoms with van der Waals surface area (Å²) < 4.78 is 13.4. The van der Waals surface area contributed by atoms with Crippen molar-refractivity contribution >= 4 is 11.6 Å². The van der Waals surface area contributed by atoms with Gasteiger partial charge in [-0.2, -0.15) is 0 Å². The van der Waals surface area contributed by atoms with E-state index in [9.17, 15) is 4.39 Å². The van der Waals surface area contributed by atoms with Crippen LogP contribution in [0.15, 0.2) is 48.5 Å². The van der Waals surface area contributed by atoms with Crippen molar-refractivity contribution in [2.75, 3.05) is 6.54 Å². The third kappa shape index (κ3) is 3.56. The first-order chi connectivity index (χ1) is 8.77. The molecule has 0 atom stereocenters. The third-order valence-electron chi connectivity index (χ3n) is 2.80. The standard InChI is InChI=1S/C15H15ClFN/c16-14-7-3-1-6-13(14)11-18-10-9-12-5-2-4-8-15(12)17/h1-8,18H,9-11H2. The zero-order valence-electron chi connectivity index (χ0n) is 10.00. The van der Waals surface area contributed by atoms with Gasteiger partial charge in [-0.05, 0) is 36.2 Å². The maximum absolute atomic E-state index is 13.4. The Bertz CT molecular complexity index is 466. The Labute approximate surface area is 112 Å². The van der Waals surface area contributed by atoms with Crippen LogP contribution >= 0.6 is 11.6 Å². The lowest BCUT2D eigenvalue weighted by atomic mass is 10.1. The molecule has 0 aliphatic carbocycles. The van der Waals surface area contributed by atoms with Gasteiger partial charge >= 0.3 is 0 Å². The van der Waals surface area contributed by atoms with Gasteiger partial charge in [-0.3, -0.25) is 0 Å². The quantitative estimate of drug-likeness (QED) is 0.809. The summed E-state index contributed by atoms with van der Waals surface area (Å²) in [5.41, 5.74) is 1.80. The summed E-state index contributed by atoms with van der Waals surface area (Å²) in [4.78, 5) is 0. The number of halogens is 2. The lowest BCUT2D eigenvalue weighted by Crippen LogP contribution is -2.17. The van der Waals surface area contributed by atoms with E-state index in [1.165, 1.54) is 6.07 Å². The van der Waals surface area contributed by atoms with Gasteiger partial charge in [0.05, 0.1) is 0 Å². The van der Waals surface area contributed by atoms with Crippen molar-refractivity contribution in [2.45, 2.75) is 13.0 Å². The summed E-state index contributed by atoms with van der Waals surface area (Å²) in [7, 11) is 0. The molecule has 0 saturated carbocycles. The molecular formula is C15H15ClFN. The summed E-state index contributed by atoms with van der Waals surface area (Å²) in [6.07, 6.45) is 0.678. The number of nitrogens with one attached hydrogen (secondary N) is 1. The van der Waals surface area contributed by atoms with Crippen LogP contribution in [-0.4, -0.2) is 6.54 Å². The van der Waals surface area contributed by atoms with Crippen LogP contribution in [0.5, 0.6) is 0 Å². The molecule has 18 heavy (non-hydrogen) atoms. The van der Waals surface area contributed by atoms with Crippen molar-refractivity contribution in [1.29, 1.82) is 0 Å². The van der Waals surface area contributed by atoms with Crippen LogP contribution in [0.1, 0.15) is 11.1 Å². The highest BCUT2D eigenvalue weighted by Crippen LogP contribution is 2.14. The molecule has 0 unspecified atom stereocenters. The summed E-state index contributed by atoms with van der Waals surface area (Å²) in [6.45, 7) is 1.43. The van der Waals surface area contributed by atoms with Gasteiger partial charge < -0.3 is 5.32 Å². The van der Waals surface area contributed by atoms with Crippen LogP contribution in [0.25, 0.3) is 0 Å². The normalized spacial score (nSPS) is 10.6. The third-order valence-corrected chi connectivity index (χ3v) is 3.17. The van der Waals surface area contributed by atoms with Gasteiger partial charge in [0.2, 0.25) is 0 Å². The Morgan fingerprint density at radius 2 is 1.61 bits per heavy atom. The highest BCUT2D eigenvalue weighted by Gasteiger charge is 2.01. The van der Waals surface area contributed by atoms with Crippen molar-refractivity contribution in [3.8, 4) is 0 Å². The average Bonchev–Trinajstić information content (AvgIpc) is 2.38. The minimum atomic E-state index is -0.142. The molecule has 2 aromatic rings. The molecule has 0 spiro atoms. The van der Waals surface area contributed by atoms with E-state index in [2.05, 4.69) is 5.32 Å². The molecule has 1 nitrogen and oxygen atoms in total. The van der Waals surface area contributed by atoms with Crippen LogP contribution in [0.2, 0.25) is 5.02 Å². The fourth-order valence-electron chi connectivity index (χ4n) is 1.79. The molecule has 0 radical (unpaired) electrons. The van der Waals surface area contributed by atoms with E-state index in [-0.39, 0.29) is 5.82 Å². The van der Waals surface area contributed by atoms with E-state index in [4.69, 9.17) is 11.6 Å². The van der Waals surface area contributed by atoms with Crippen molar-refractivity contribution in [3.63, 3.8) is 0 Å². The largest absolute Gasteiger partial charge is 0.312 e. The van der Waals surface area contributed by atoms with E-state index in [0.29, 0.717) is 13.0 Å². The van der Waals surface area contributed by atoms with Gasteiger partial charge in [0, 0.05) is 11.6 Å². The van der Waals surface area contributed by atoms with Gasteiger partial charge in [0.15, 0.2) is 0 Å². The Hall–Kier alpha value is -1.38. The number of hydrogen-bond acceptors (Lipinski definition) is 1. The first-order valence-electron chi connectivity index (χ1n) is 5.95. The van der Waals surface area contributed by atoms with Gasteiger partial charge in [-0.1, -0.05) is 48.0 Å². The van der Waals surface area contributed by atoms with Crippen molar-refractivity contribution in [3.05, 3.63) is 70.5 Å². The van der Waals surface area contributed by atoms with E-state index < -0.39 is 0 Å². The Morgan fingerprint density at radius 1 is 0.944 bits per heavy atom. The summed E-state index contributed by atoms with van der Waals surface area (Å²) in [5, 5.41) is 4.03. The molecule has 94 valence electrons. The molecule has 2 aromatic carbocycles. The second-order valence-electron chi connectivity index (χ2n) is 4.11. The van der Waals surface area contributed by atoms with E-state index >= 15 is 0 Å². The van der Waals surface area contributed by atoms with Crippen molar-refractivity contribution < 1.29 is 4.39 Å². The molecule has 0 fully saturated rings. The van der Waals surface area contributed by atoms with Crippen LogP contribution in [0, 0.1) is 5.82 Å². The smallest absolute Gasteiger partial charge is 0.126 e. The number of benzene rings is 2. The lowest BCUT2D eigenvalue weighted by molar-refractivity contribution is 0.598. The predicted molar refractivity (Wildman–Crippen MR) is 73.3 cm³/mol. The summed E-state index contributed by atoms with van der Waals surface area (Å²) in [6, 6.07) is 14.6. The predicted octanol–water partition coefficient (Wildman–Crippen LogP) is 3.81. The van der Waals surface area contributed by atoms with Crippen LogP contribution in [0.3, 0.4) is 0 Å². The van der Waals surface area contributed by atoms with E-state index in [1.54, 1.807) is 6.07 Å². The topological polar surface area (TPSA) is 12.0 Å². The van der Waals surface area contributed by atoms with Crippen LogP contribution in [-0.2, 0) is 13.0 Å². The SMILES string of the molecule is Fc1ccccc1CCNCc1ccccc1Cl. The number of hydrogen-bond donors (Lipinski definition) is 1. The van der Waals surface area contributed by atoms with E-state index in [0.717, 1.165) is 22.7 Å². The Kier molecular flexibility index (Phi) is 4.73. The zero-order valence-corrected chi connectivity index (χ0v) is 10.8. The fourth-order valence-corrected chi connectivity index (χ4v) is 1.99. The maximum Gasteiger partial charge on any atom is 0.126 e. The molecule has 0 heterocycles. The minimum absolute atomic E-state index is 0.142. The van der Waals surface area contributed by atoms with Gasteiger partial charge in [-0.25, -0.2) is 4.39 Å². The molecule has 0 aliphatic rings. The Morgan fingerprint density at radius 3 is 2.33 bits per heavy atom. The molecule has 3 heteroatoms. The minimum Gasteiger partial charge on any atom is -0.312 e. The molecule has 0 amide bonds. The van der Waals surface area contributed by atoms with Gasteiger partial charge in [0.1, 0.15) is 5.82 Å². The van der Waals surface area contributed by atoms with Crippen molar-refractivity contribution in [1.82, 2.24) is 5.32 Å². The molecule has 0 aliphatic heterocycles. The number of rotatable bonds is 5. The highest BCUT2D eigenvalue weighted by atomic mass is 35.5. The average molecular weight is 264 g/mol. The zero-order chi connectivity index (χ0) is 12.8. The molecule has 0 saturated heterocycles. The van der Waals surface area contributed by atoms with Gasteiger partial charge in [0.25, 0.3) is 0 Å². The van der Waals surface area contributed by atoms with E-state index in [1.807, 2.05) is 36.4 Å². The fraction of sp³-hybridized carbons (Fsp3) is 0.200. The molecule has 0 bridgehead atoms. The summed E-state index contributed by atoms with van der Waals surface area (Å²) in [5.74, 6) is -0.142. The first kappa shape index (κ1) is 13.1. The maximum atomic E-state index is 13.4. The highest BCUT2D eigenvalue weighted by molar-refractivity contribution is 6.31. The first-order valence-corrected chi connectivity index (χ1v) is 6.32. The summed E-state index contributed by atoms with van der Waals surface area (Å²) >= 11 is 6.05.